The van der Waals surface area contributed by atoms with Crippen LogP contribution in [0.4, 0.5) is 0 Å². The zero-order valence-corrected chi connectivity index (χ0v) is 17.4. The van der Waals surface area contributed by atoms with Gasteiger partial charge in [-0.15, -0.1) is 11.8 Å². The zero-order chi connectivity index (χ0) is 20.5. The van der Waals surface area contributed by atoms with Crippen LogP contribution in [0.15, 0.2) is 78.2 Å². The number of nitrogens with one attached hydrogen (secondary N) is 1. The monoisotopic (exact) mass is 406 g/mol. The van der Waals surface area contributed by atoms with E-state index in [2.05, 4.69) is 15.3 Å². The molecule has 3 aromatic rings. The van der Waals surface area contributed by atoms with E-state index >= 15 is 0 Å². The number of nitrogens with two attached hydrogens (primary N) is 1. The molecule has 1 unspecified atom stereocenters. The van der Waals surface area contributed by atoms with E-state index in [-0.39, 0.29) is 5.91 Å². The molecule has 0 spiro atoms. The zero-order valence-electron chi connectivity index (χ0n) is 16.5. The lowest BCUT2D eigenvalue weighted by molar-refractivity contribution is -0.125. The van der Waals surface area contributed by atoms with Crippen LogP contribution in [-0.4, -0.2) is 28.7 Å². The van der Waals surface area contributed by atoms with Crippen molar-refractivity contribution in [3.05, 3.63) is 90.0 Å². The first-order chi connectivity index (χ1) is 14.1. The number of aromatic nitrogens is 2. The molecular weight excluding hydrogens is 380 g/mol. The van der Waals surface area contributed by atoms with Crippen LogP contribution < -0.4 is 11.1 Å². The highest BCUT2D eigenvalue weighted by Gasteiger charge is 2.37. The van der Waals surface area contributed by atoms with Crippen molar-refractivity contribution in [1.29, 1.82) is 0 Å². The van der Waals surface area contributed by atoms with Gasteiger partial charge in [-0.3, -0.25) is 20.1 Å². The Morgan fingerprint density at radius 1 is 1.00 bits per heavy atom. The van der Waals surface area contributed by atoms with E-state index < -0.39 is 5.54 Å². The summed E-state index contributed by atoms with van der Waals surface area (Å²) >= 11 is 1.67. The summed E-state index contributed by atoms with van der Waals surface area (Å²) in [6.07, 6.45) is 11.2. The van der Waals surface area contributed by atoms with Crippen LogP contribution in [0.25, 0.3) is 0 Å². The number of primary amides is 1. The number of benzene rings is 1. The molecule has 150 valence electrons. The number of hydrogen-bond donors (Lipinski definition) is 2. The SMILES string of the molecule is CSc1ccc(C(CCc2ccncc2)(NCCc2cccnc2)C(N)=O)cc1. The van der Waals surface area contributed by atoms with Gasteiger partial charge in [0.2, 0.25) is 5.91 Å². The maximum Gasteiger partial charge on any atom is 0.242 e. The van der Waals surface area contributed by atoms with Gasteiger partial charge in [-0.05, 0) is 72.5 Å². The van der Waals surface area contributed by atoms with E-state index in [9.17, 15) is 4.79 Å². The molecule has 0 aliphatic heterocycles. The Balaban J connectivity index is 1.84. The largest absolute Gasteiger partial charge is 0.368 e. The fourth-order valence-electron chi connectivity index (χ4n) is 3.41. The van der Waals surface area contributed by atoms with Crippen molar-refractivity contribution in [1.82, 2.24) is 15.3 Å². The van der Waals surface area contributed by atoms with Gasteiger partial charge >= 0.3 is 0 Å². The molecule has 6 heteroatoms. The Bertz CT molecular complexity index is 903. The molecule has 0 saturated heterocycles. The second-order valence-corrected chi connectivity index (χ2v) is 7.77. The number of carbonyl (C=O) groups excluding carboxylic acids is 1. The van der Waals surface area contributed by atoms with Crippen molar-refractivity contribution < 1.29 is 4.79 Å². The maximum absolute atomic E-state index is 12.8. The van der Waals surface area contributed by atoms with Crippen molar-refractivity contribution in [2.45, 2.75) is 29.7 Å². The Labute approximate surface area is 176 Å². The molecule has 1 aromatic carbocycles. The average molecular weight is 407 g/mol. The molecule has 5 nitrogen and oxygen atoms in total. The van der Waals surface area contributed by atoms with Crippen molar-refractivity contribution in [2.75, 3.05) is 12.8 Å². The quantitative estimate of drug-likeness (QED) is 0.505. The van der Waals surface area contributed by atoms with Gasteiger partial charge in [0, 0.05) is 36.2 Å². The number of aryl methyl sites for hydroxylation is 1. The number of pyridine rings is 2. The second-order valence-electron chi connectivity index (χ2n) is 6.89. The molecule has 29 heavy (non-hydrogen) atoms. The lowest BCUT2D eigenvalue weighted by atomic mass is 9.83. The number of carbonyl (C=O) groups is 1. The van der Waals surface area contributed by atoms with Crippen LogP contribution in [0.2, 0.25) is 0 Å². The minimum Gasteiger partial charge on any atom is -0.368 e. The van der Waals surface area contributed by atoms with Gasteiger partial charge in [0.05, 0.1) is 0 Å². The van der Waals surface area contributed by atoms with Crippen LogP contribution in [0.1, 0.15) is 23.1 Å². The Kier molecular flexibility index (Phi) is 7.38. The van der Waals surface area contributed by atoms with Crippen LogP contribution >= 0.6 is 11.8 Å². The first kappa shape index (κ1) is 21.0. The van der Waals surface area contributed by atoms with Crippen LogP contribution in [0, 0.1) is 0 Å². The Morgan fingerprint density at radius 2 is 1.76 bits per heavy atom. The molecule has 0 saturated carbocycles. The fourth-order valence-corrected chi connectivity index (χ4v) is 3.82. The molecular formula is C23H26N4OS. The third-order valence-electron chi connectivity index (χ3n) is 5.10. The van der Waals surface area contributed by atoms with Crippen LogP contribution in [0.3, 0.4) is 0 Å². The van der Waals surface area contributed by atoms with Crippen molar-refractivity contribution in [3.8, 4) is 0 Å². The molecule has 2 aromatic heterocycles. The summed E-state index contributed by atoms with van der Waals surface area (Å²) in [5.41, 5.74) is 8.18. The molecule has 2 heterocycles. The molecule has 1 amide bonds. The van der Waals surface area contributed by atoms with Crippen molar-refractivity contribution >= 4 is 17.7 Å². The minimum absolute atomic E-state index is 0.366. The summed E-state index contributed by atoms with van der Waals surface area (Å²) in [7, 11) is 0. The highest BCUT2D eigenvalue weighted by molar-refractivity contribution is 7.98. The van der Waals surface area contributed by atoms with E-state index in [0.717, 1.165) is 34.4 Å². The van der Waals surface area contributed by atoms with Gasteiger partial charge in [0.25, 0.3) is 0 Å². The molecule has 0 fully saturated rings. The number of hydrogen-bond acceptors (Lipinski definition) is 5. The van der Waals surface area contributed by atoms with Gasteiger partial charge in [-0.25, -0.2) is 0 Å². The third kappa shape index (κ3) is 5.43. The van der Waals surface area contributed by atoms with Crippen molar-refractivity contribution in [2.24, 2.45) is 5.73 Å². The first-order valence-corrected chi connectivity index (χ1v) is 10.8. The predicted octanol–water partition coefficient (Wildman–Crippen LogP) is 3.34. The summed E-state index contributed by atoms with van der Waals surface area (Å²) in [5, 5.41) is 3.48. The summed E-state index contributed by atoms with van der Waals surface area (Å²) in [6.45, 7) is 0.620. The number of nitrogens with zero attached hydrogens (tertiary/aromatic N) is 2. The lowest BCUT2D eigenvalue weighted by Gasteiger charge is -2.33. The third-order valence-corrected chi connectivity index (χ3v) is 5.85. The summed E-state index contributed by atoms with van der Waals surface area (Å²) in [6, 6.07) is 16.0. The second kappa shape index (κ2) is 10.2. The highest BCUT2D eigenvalue weighted by Crippen LogP contribution is 2.29. The number of rotatable bonds is 10. The molecule has 0 aliphatic rings. The Morgan fingerprint density at radius 3 is 2.38 bits per heavy atom. The smallest absolute Gasteiger partial charge is 0.242 e. The van der Waals surface area contributed by atoms with Crippen molar-refractivity contribution in [3.63, 3.8) is 0 Å². The average Bonchev–Trinajstić information content (AvgIpc) is 2.77. The van der Waals surface area contributed by atoms with E-state index in [1.54, 1.807) is 30.4 Å². The minimum atomic E-state index is -0.942. The Hall–Kier alpha value is -2.70. The lowest BCUT2D eigenvalue weighted by Crippen LogP contribution is -2.53. The molecule has 0 aliphatic carbocycles. The van der Waals surface area contributed by atoms with E-state index in [1.807, 2.05) is 61.0 Å². The van der Waals surface area contributed by atoms with Gasteiger partial charge in [0.15, 0.2) is 0 Å². The molecule has 0 bridgehead atoms. The highest BCUT2D eigenvalue weighted by atomic mass is 32.2. The number of thioether (sulfide) groups is 1. The topological polar surface area (TPSA) is 80.9 Å². The summed E-state index contributed by atoms with van der Waals surface area (Å²) < 4.78 is 0. The first-order valence-electron chi connectivity index (χ1n) is 9.61. The standard InChI is InChI=1S/C23H26N4OS/c1-29-21-6-4-20(5-7-21)23(22(24)28,12-8-18-9-14-25-15-10-18)27-16-11-19-3-2-13-26-17-19/h2-7,9-10,13-15,17,27H,8,11-12,16H2,1H3,(H2,24,28). The van der Waals surface area contributed by atoms with Gasteiger partial charge in [-0.2, -0.15) is 0 Å². The maximum atomic E-state index is 12.8. The van der Waals surface area contributed by atoms with Crippen LogP contribution in [0.5, 0.6) is 0 Å². The van der Waals surface area contributed by atoms with E-state index in [0.29, 0.717) is 13.0 Å². The van der Waals surface area contributed by atoms with E-state index in [4.69, 9.17) is 5.73 Å². The van der Waals surface area contributed by atoms with Gasteiger partial charge in [-0.1, -0.05) is 18.2 Å². The van der Waals surface area contributed by atoms with Gasteiger partial charge < -0.3 is 5.73 Å². The number of amides is 1. The van der Waals surface area contributed by atoms with Crippen LogP contribution in [-0.2, 0) is 23.2 Å². The normalized spacial score (nSPS) is 13.0. The molecule has 0 radical (unpaired) electrons. The summed E-state index contributed by atoms with van der Waals surface area (Å²) in [4.78, 5) is 22.1. The predicted molar refractivity (Wildman–Crippen MR) is 118 cm³/mol. The molecule has 3 N–H and O–H groups in total. The van der Waals surface area contributed by atoms with E-state index in [1.165, 1.54) is 0 Å². The fraction of sp³-hybridized carbons (Fsp3) is 0.261. The molecule has 3 rings (SSSR count). The summed E-state index contributed by atoms with van der Waals surface area (Å²) in [5.74, 6) is -0.366. The van der Waals surface area contributed by atoms with Gasteiger partial charge in [0.1, 0.15) is 5.54 Å². The molecule has 1 atom stereocenters.